The molecule has 2 N–H and O–H groups in total. The van der Waals surface area contributed by atoms with Gasteiger partial charge in [0, 0.05) is 19.3 Å². The van der Waals surface area contributed by atoms with Crippen molar-refractivity contribution in [2.24, 2.45) is 7.05 Å². The van der Waals surface area contributed by atoms with E-state index < -0.39 is 21.3 Å². The summed E-state index contributed by atoms with van der Waals surface area (Å²) in [7, 11) is -2.28. The maximum atomic E-state index is 12.5. The number of hydrogen-bond acceptors (Lipinski definition) is 5. The highest BCUT2D eigenvalue weighted by Crippen LogP contribution is 2.20. The molecule has 2 aromatic rings. The second-order valence-electron chi connectivity index (χ2n) is 5.82. The van der Waals surface area contributed by atoms with Gasteiger partial charge in [-0.1, -0.05) is 19.3 Å². The molecule has 2 aromatic heterocycles. The summed E-state index contributed by atoms with van der Waals surface area (Å²) in [4.78, 5) is 29.5. The van der Waals surface area contributed by atoms with Gasteiger partial charge in [0.15, 0.2) is 0 Å². The van der Waals surface area contributed by atoms with Crippen molar-refractivity contribution in [1.82, 2.24) is 19.3 Å². The van der Waals surface area contributed by atoms with E-state index in [0.717, 1.165) is 32.1 Å². The van der Waals surface area contributed by atoms with Gasteiger partial charge >= 0.3 is 5.69 Å². The average Bonchev–Trinajstić information content (AvgIpc) is 2.53. The number of hydrogen-bond donors (Lipinski definition) is 2. The normalized spacial score (nSPS) is 16.7. The van der Waals surface area contributed by atoms with Crippen molar-refractivity contribution in [3.05, 3.63) is 33.1 Å². The van der Waals surface area contributed by atoms with Gasteiger partial charge < -0.3 is 0 Å². The van der Waals surface area contributed by atoms with Crippen molar-refractivity contribution in [1.29, 1.82) is 0 Å². The molecule has 0 atom stereocenters. The Morgan fingerprint density at radius 1 is 1.26 bits per heavy atom. The van der Waals surface area contributed by atoms with Gasteiger partial charge in [0.1, 0.15) is 10.5 Å². The van der Waals surface area contributed by atoms with Gasteiger partial charge in [0.2, 0.25) is 10.0 Å². The number of nitrogens with one attached hydrogen (secondary N) is 2. The third-order valence-electron chi connectivity index (χ3n) is 4.17. The quantitative estimate of drug-likeness (QED) is 0.832. The van der Waals surface area contributed by atoms with E-state index in [2.05, 4.69) is 14.7 Å². The molecule has 1 saturated carbocycles. The van der Waals surface area contributed by atoms with Crippen LogP contribution in [0.15, 0.2) is 26.7 Å². The fourth-order valence-corrected chi connectivity index (χ4v) is 4.15. The van der Waals surface area contributed by atoms with Gasteiger partial charge in [0.25, 0.3) is 5.56 Å². The van der Waals surface area contributed by atoms with E-state index in [4.69, 9.17) is 0 Å². The molecular formula is C14H18N4O4S. The maximum Gasteiger partial charge on any atom is 0.329 e. The van der Waals surface area contributed by atoms with Crippen LogP contribution in [0.25, 0.3) is 11.0 Å². The van der Waals surface area contributed by atoms with Crippen molar-refractivity contribution in [3.8, 4) is 0 Å². The third-order valence-corrected chi connectivity index (χ3v) is 5.65. The van der Waals surface area contributed by atoms with E-state index in [-0.39, 0.29) is 22.0 Å². The van der Waals surface area contributed by atoms with Crippen molar-refractivity contribution < 1.29 is 8.42 Å². The first-order chi connectivity index (χ1) is 10.9. The number of pyridine rings is 1. The second kappa shape index (κ2) is 5.89. The van der Waals surface area contributed by atoms with Crippen LogP contribution in [0.3, 0.4) is 0 Å². The fraction of sp³-hybridized carbons (Fsp3) is 0.500. The van der Waals surface area contributed by atoms with Gasteiger partial charge in [-0.15, -0.1) is 0 Å². The SMILES string of the molecule is Cn1c(=O)[nH]c(=O)c2cc(S(=O)(=O)NC3CCCCC3)cnc21. The zero-order chi connectivity index (χ0) is 16.6. The minimum absolute atomic E-state index is 0.0682. The predicted molar refractivity (Wildman–Crippen MR) is 84.8 cm³/mol. The lowest BCUT2D eigenvalue weighted by atomic mass is 9.96. The van der Waals surface area contributed by atoms with E-state index in [9.17, 15) is 18.0 Å². The van der Waals surface area contributed by atoms with Gasteiger partial charge in [-0.05, 0) is 18.9 Å². The summed E-state index contributed by atoms with van der Waals surface area (Å²) in [6.07, 6.45) is 5.94. The van der Waals surface area contributed by atoms with Crippen molar-refractivity contribution >= 4 is 21.1 Å². The summed E-state index contributed by atoms with van der Waals surface area (Å²) >= 11 is 0. The highest BCUT2D eigenvalue weighted by atomic mass is 32.2. The Balaban J connectivity index is 2.02. The molecule has 0 unspecified atom stereocenters. The lowest BCUT2D eigenvalue weighted by molar-refractivity contribution is 0.412. The first-order valence-electron chi connectivity index (χ1n) is 7.50. The van der Waals surface area contributed by atoms with Gasteiger partial charge in [-0.3, -0.25) is 14.3 Å². The molecule has 1 aliphatic rings. The minimum atomic E-state index is -3.74. The molecule has 1 aliphatic carbocycles. The molecule has 124 valence electrons. The maximum absolute atomic E-state index is 12.5. The van der Waals surface area contributed by atoms with E-state index in [1.807, 2.05) is 0 Å². The summed E-state index contributed by atoms with van der Waals surface area (Å²) < 4.78 is 28.8. The molecule has 23 heavy (non-hydrogen) atoms. The van der Waals surface area contributed by atoms with Gasteiger partial charge in [-0.25, -0.2) is 22.9 Å². The van der Waals surface area contributed by atoms with Crippen LogP contribution in [0.4, 0.5) is 0 Å². The van der Waals surface area contributed by atoms with Crippen LogP contribution in [0.5, 0.6) is 0 Å². The predicted octanol–water partition coefficient (Wildman–Crippen LogP) is 0.233. The number of rotatable bonds is 3. The third kappa shape index (κ3) is 3.06. The molecule has 0 aliphatic heterocycles. The number of sulfonamides is 1. The first-order valence-corrected chi connectivity index (χ1v) is 8.98. The molecule has 2 heterocycles. The Morgan fingerprint density at radius 2 is 1.96 bits per heavy atom. The number of nitrogens with zero attached hydrogens (tertiary/aromatic N) is 2. The topological polar surface area (TPSA) is 114 Å². The van der Waals surface area contributed by atoms with Gasteiger partial charge in [-0.2, -0.15) is 0 Å². The van der Waals surface area contributed by atoms with E-state index in [1.54, 1.807) is 0 Å². The Bertz CT molecular complexity index is 955. The molecule has 3 rings (SSSR count). The number of aromatic amines is 1. The first kappa shape index (κ1) is 15.9. The molecule has 9 heteroatoms. The number of aryl methyl sites for hydroxylation is 1. The molecule has 8 nitrogen and oxygen atoms in total. The van der Waals surface area contributed by atoms with Crippen LogP contribution in [0.2, 0.25) is 0 Å². The van der Waals surface area contributed by atoms with E-state index >= 15 is 0 Å². The molecule has 0 saturated heterocycles. The Morgan fingerprint density at radius 3 is 2.65 bits per heavy atom. The smallest absolute Gasteiger partial charge is 0.281 e. The summed E-state index contributed by atoms with van der Waals surface area (Å²) in [5.74, 6) is 0. The molecule has 1 fully saturated rings. The summed E-state index contributed by atoms with van der Waals surface area (Å²) in [6, 6.07) is 1.18. The molecule has 0 aromatic carbocycles. The molecular weight excluding hydrogens is 320 g/mol. The van der Waals surface area contributed by atoms with Crippen LogP contribution in [-0.4, -0.2) is 29.0 Å². The standard InChI is InChI=1S/C14H18N4O4S/c1-18-12-11(13(19)16-14(18)20)7-10(8-15-12)23(21,22)17-9-5-3-2-4-6-9/h7-9,17H,2-6H2,1H3,(H,16,19,20). The number of aromatic nitrogens is 3. The Labute approximate surface area is 132 Å². The summed E-state index contributed by atoms with van der Waals surface area (Å²) in [5.41, 5.74) is -1.09. The highest BCUT2D eigenvalue weighted by molar-refractivity contribution is 7.89. The highest BCUT2D eigenvalue weighted by Gasteiger charge is 2.23. The fourth-order valence-electron chi connectivity index (χ4n) is 2.87. The zero-order valence-corrected chi connectivity index (χ0v) is 13.5. The molecule has 0 amide bonds. The van der Waals surface area contributed by atoms with Crippen LogP contribution in [0.1, 0.15) is 32.1 Å². The van der Waals surface area contributed by atoms with Crippen LogP contribution in [0, 0.1) is 0 Å². The largest absolute Gasteiger partial charge is 0.329 e. The van der Waals surface area contributed by atoms with Crippen LogP contribution < -0.4 is 16.0 Å². The summed E-state index contributed by atoms with van der Waals surface area (Å²) in [6.45, 7) is 0. The van der Waals surface area contributed by atoms with Crippen LogP contribution >= 0.6 is 0 Å². The monoisotopic (exact) mass is 338 g/mol. The molecule has 0 bridgehead atoms. The number of fused-ring (bicyclic) bond motifs is 1. The molecule has 0 radical (unpaired) electrons. The van der Waals surface area contributed by atoms with Crippen molar-refractivity contribution in [2.45, 2.75) is 43.0 Å². The average molecular weight is 338 g/mol. The van der Waals surface area contributed by atoms with E-state index in [0.29, 0.717) is 0 Å². The minimum Gasteiger partial charge on any atom is -0.281 e. The van der Waals surface area contributed by atoms with E-state index in [1.165, 1.54) is 23.9 Å². The number of H-pyrrole nitrogens is 1. The van der Waals surface area contributed by atoms with Crippen molar-refractivity contribution in [2.75, 3.05) is 0 Å². The van der Waals surface area contributed by atoms with Gasteiger partial charge in [0.05, 0.1) is 5.39 Å². The van der Waals surface area contributed by atoms with Crippen LogP contribution in [-0.2, 0) is 17.1 Å². The van der Waals surface area contributed by atoms with Crippen molar-refractivity contribution in [3.63, 3.8) is 0 Å². The molecule has 0 spiro atoms. The zero-order valence-electron chi connectivity index (χ0n) is 12.7. The lowest BCUT2D eigenvalue weighted by Crippen LogP contribution is -2.36. The lowest BCUT2D eigenvalue weighted by Gasteiger charge is -2.22. The Hall–Kier alpha value is -2.00. The summed E-state index contributed by atoms with van der Waals surface area (Å²) in [5, 5.41) is 0.0682. The second-order valence-corrected chi connectivity index (χ2v) is 7.53. The Kier molecular flexibility index (Phi) is 4.07.